The molecule has 2 rings (SSSR count). The van der Waals surface area contributed by atoms with Crippen LogP contribution in [0.15, 0.2) is 22.7 Å². The fourth-order valence-corrected chi connectivity index (χ4v) is 2.45. The van der Waals surface area contributed by atoms with Gasteiger partial charge in [0.15, 0.2) is 0 Å². The SMILES string of the molecule is O=[N+]([O-])c1ccc(CNCCCC2CC2)c(Br)c1. The number of nitrogens with one attached hydrogen (secondary N) is 1. The maximum atomic E-state index is 10.6. The molecule has 4 nitrogen and oxygen atoms in total. The first-order chi connectivity index (χ1) is 8.66. The average molecular weight is 313 g/mol. The van der Waals surface area contributed by atoms with Crippen LogP contribution < -0.4 is 5.32 Å². The van der Waals surface area contributed by atoms with Crippen molar-refractivity contribution in [3.63, 3.8) is 0 Å². The Balaban J connectivity index is 1.75. The number of nitro benzene ring substituents is 1. The molecule has 0 radical (unpaired) electrons. The Hall–Kier alpha value is -0.940. The minimum atomic E-state index is -0.377. The largest absolute Gasteiger partial charge is 0.313 e. The summed E-state index contributed by atoms with van der Waals surface area (Å²) in [6.45, 7) is 1.77. The number of nitrogens with zero attached hydrogens (tertiary/aromatic N) is 1. The first-order valence-electron chi connectivity index (χ1n) is 6.30. The lowest BCUT2D eigenvalue weighted by molar-refractivity contribution is -0.384. The molecular formula is C13H17BrN2O2. The van der Waals surface area contributed by atoms with Gasteiger partial charge in [0.25, 0.3) is 5.69 Å². The van der Waals surface area contributed by atoms with E-state index in [1.54, 1.807) is 18.2 Å². The Morgan fingerprint density at radius 3 is 2.83 bits per heavy atom. The zero-order valence-electron chi connectivity index (χ0n) is 10.2. The number of benzene rings is 1. The van der Waals surface area contributed by atoms with Gasteiger partial charge < -0.3 is 5.32 Å². The monoisotopic (exact) mass is 312 g/mol. The third-order valence-corrected chi connectivity index (χ3v) is 3.96. The van der Waals surface area contributed by atoms with Crippen LogP contribution in [-0.2, 0) is 6.54 Å². The molecule has 0 heterocycles. The van der Waals surface area contributed by atoms with Crippen LogP contribution in [0.25, 0.3) is 0 Å². The summed E-state index contributed by atoms with van der Waals surface area (Å²) in [5.74, 6) is 0.984. The fraction of sp³-hybridized carbons (Fsp3) is 0.538. The van der Waals surface area contributed by atoms with E-state index in [1.165, 1.54) is 25.7 Å². The van der Waals surface area contributed by atoms with Gasteiger partial charge in [-0.3, -0.25) is 10.1 Å². The Kier molecular flexibility index (Phi) is 4.72. The van der Waals surface area contributed by atoms with Crippen LogP contribution in [0.4, 0.5) is 5.69 Å². The van der Waals surface area contributed by atoms with Gasteiger partial charge in [0, 0.05) is 23.2 Å². The standard InChI is InChI=1S/C13H17BrN2O2/c14-13-8-12(16(17)18)6-5-11(13)9-15-7-1-2-10-3-4-10/h5-6,8,10,15H,1-4,7,9H2. The highest BCUT2D eigenvalue weighted by Crippen LogP contribution is 2.33. The van der Waals surface area contributed by atoms with Gasteiger partial charge in [-0.05, 0) is 36.9 Å². The van der Waals surface area contributed by atoms with Crippen molar-refractivity contribution in [1.82, 2.24) is 5.32 Å². The number of halogens is 1. The lowest BCUT2D eigenvalue weighted by atomic mass is 10.2. The second-order valence-electron chi connectivity index (χ2n) is 4.80. The number of nitro groups is 1. The van der Waals surface area contributed by atoms with Gasteiger partial charge in [-0.2, -0.15) is 0 Å². The van der Waals surface area contributed by atoms with Crippen LogP contribution in [-0.4, -0.2) is 11.5 Å². The molecule has 1 aliphatic carbocycles. The highest BCUT2D eigenvalue weighted by molar-refractivity contribution is 9.10. The van der Waals surface area contributed by atoms with Crippen LogP contribution in [0, 0.1) is 16.0 Å². The molecule has 18 heavy (non-hydrogen) atoms. The second-order valence-corrected chi connectivity index (χ2v) is 5.65. The lowest BCUT2D eigenvalue weighted by Crippen LogP contribution is -2.15. The van der Waals surface area contributed by atoms with Gasteiger partial charge >= 0.3 is 0 Å². The Morgan fingerprint density at radius 1 is 1.44 bits per heavy atom. The summed E-state index contributed by atoms with van der Waals surface area (Å²) in [4.78, 5) is 10.2. The molecule has 0 aliphatic heterocycles. The summed E-state index contributed by atoms with van der Waals surface area (Å²) in [6, 6.07) is 4.91. The summed E-state index contributed by atoms with van der Waals surface area (Å²) >= 11 is 3.37. The summed E-state index contributed by atoms with van der Waals surface area (Å²) in [7, 11) is 0. The lowest BCUT2D eigenvalue weighted by Gasteiger charge is -2.06. The normalized spacial score (nSPS) is 14.7. The third kappa shape index (κ3) is 4.07. The van der Waals surface area contributed by atoms with Crippen molar-refractivity contribution < 1.29 is 4.92 Å². The summed E-state index contributed by atoms with van der Waals surface area (Å²) in [5, 5.41) is 14.0. The van der Waals surface area contributed by atoms with Crippen molar-refractivity contribution in [2.45, 2.75) is 32.2 Å². The van der Waals surface area contributed by atoms with Gasteiger partial charge in [0.2, 0.25) is 0 Å². The number of rotatable bonds is 7. The van der Waals surface area contributed by atoms with Gasteiger partial charge in [-0.25, -0.2) is 0 Å². The molecule has 0 amide bonds. The first kappa shape index (κ1) is 13.5. The molecule has 1 saturated carbocycles. The van der Waals surface area contributed by atoms with E-state index in [2.05, 4.69) is 21.2 Å². The third-order valence-electron chi connectivity index (χ3n) is 3.23. The molecule has 0 bridgehead atoms. The molecule has 1 fully saturated rings. The summed E-state index contributed by atoms with van der Waals surface area (Å²) in [6.07, 6.45) is 5.37. The Morgan fingerprint density at radius 2 is 2.22 bits per heavy atom. The van der Waals surface area contributed by atoms with Gasteiger partial charge in [0.05, 0.1) is 4.92 Å². The van der Waals surface area contributed by atoms with Crippen LogP contribution >= 0.6 is 15.9 Å². The van der Waals surface area contributed by atoms with Crippen molar-refractivity contribution in [1.29, 1.82) is 0 Å². The minimum Gasteiger partial charge on any atom is -0.313 e. The predicted octanol–water partition coefficient (Wildman–Crippen LogP) is 3.64. The fourth-order valence-electron chi connectivity index (χ4n) is 1.94. The Labute approximate surface area is 115 Å². The van der Waals surface area contributed by atoms with E-state index >= 15 is 0 Å². The molecule has 0 unspecified atom stereocenters. The molecule has 0 atom stereocenters. The molecule has 1 aliphatic rings. The molecule has 0 aromatic heterocycles. The quantitative estimate of drug-likeness (QED) is 0.475. The van der Waals surface area contributed by atoms with Crippen molar-refractivity contribution in [3.8, 4) is 0 Å². The molecular weight excluding hydrogens is 296 g/mol. The van der Waals surface area contributed by atoms with Crippen LogP contribution in [0.2, 0.25) is 0 Å². The van der Waals surface area contributed by atoms with Gasteiger partial charge in [-0.15, -0.1) is 0 Å². The second kappa shape index (κ2) is 6.29. The zero-order chi connectivity index (χ0) is 13.0. The van der Waals surface area contributed by atoms with Gasteiger partial charge in [0.1, 0.15) is 0 Å². The van der Waals surface area contributed by atoms with Crippen LogP contribution in [0.1, 0.15) is 31.2 Å². The van der Waals surface area contributed by atoms with Crippen molar-refractivity contribution in [2.24, 2.45) is 5.92 Å². The van der Waals surface area contributed by atoms with Crippen molar-refractivity contribution in [3.05, 3.63) is 38.3 Å². The Bertz CT molecular complexity index is 433. The van der Waals surface area contributed by atoms with Crippen molar-refractivity contribution in [2.75, 3.05) is 6.54 Å². The zero-order valence-corrected chi connectivity index (χ0v) is 11.8. The van der Waals surface area contributed by atoms with Crippen LogP contribution in [0.3, 0.4) is 0 Å². The maximum Gasteiger partial charge on any atom is 0.270 e. The molecule has 0 spiro atoms. The van der Waals surface area contributed by atoms with E-state index in [-0.39, 0.29) is 10.6 Å². The highest BCUT2D eigenvalue weighted by Gasteiger charge is 2.19. The molecule has 1 aromatic rings. The summed E-state index contributed by atoms with van der Waals surface area (Å²) in [5.41, 5.74) is 1.19. The maximum absolute atomic E-state index is 10.6. The van der Waals surface area contributed by atoms with Crippen LogP contribution in [0.5, 0.6) is 0 Å². The number of hydrogen-bond donors (Lipinski definition) is 1. The number of non-ortho nitro benzene ring substituents is 1. The molecule has 1 aromatic carbocycles. The smallest absolute Gasteiger partial charge is 0.270 e. The van der Waals surface area contributed by atoms with Crippen molar-refractivity contribution >= 4 is 21.6 Å². The van der Waals surface area contributed by atoms with E-state index in [0.29, 0.717) is 0 Å². The van der Waals surface area contributed by atoms with E-state index < -0.39 is 0 Å². The van der Waals surface area contributed by atoms with E-state index in [0.717, 1.165) is 29.0 Å². The topological polar surface area (TPSA) is 55.2 Å². The average Bonchev–Trinajstić information content (AvgIpc) is 3.14. The molecule has 98 valence electrons. The first-order valence-corrected chi connectivity index (χ1v) is 7.09. The predicted molar refractivity (Wildman–Crippen MR) is 74.5 cm³/mol. The highest BCUT2D eigenvalue weighted by atomic mass is 79.9. The van der Waals surface area contributed by atoms with E-state index in [1.807, 2.05) is 0 Å². The van der Waals surface area contributed by atoms with Gasteiger partial charge in [-0.1, -0.05) is 28.8 Å². The molecule has 1 N–H and O–H groups in total. The summed E-state index contributed by atoms with van der Waals surface area (Å²) < 4.78 is 0.798. The van der Waals surface area contributed by atoms with E-state index in [9.17, 15) is 10.1 Å². The minimum absolute atomic E-state index is 0.124. The molecule has 5 heteroatoms. The molecule has 0 saturated heterocycles. The van der Waals surface area contributed by atoms with E-state index in [4.69, 9.17) is 0 Å². The number of hydrogen-bond acceptors (Lipinski definition) is 3.